The molecule has 2 aliphatic heterocycles. The van der Waals surface area contributed by atoms with E-state index >= 15 is 0 Å². The van der Waals surface area contributed by atoms with Gasteiger partial charge in [0, 0.05) is 51.0 Å². The van der Waals surface area contributed by atoms with Crippen molar-refractivity contribution in [2.24, 2.45) is 11.8 Å². The molecule has 4 heterocycles. The topological polar surface area (TPSA) is 81.4 Å². The molecule has 2 aromatic heterocycles. The minimum absolute atomic E-state index is 0.150. The van der Waals surface area contributed by atoms with Crippen LogP contribution in [0.25, 0.3) is 11.5 Å². The number of nitrogens with zero attached hydrogens (tertiary/aromatic N) is 4. The molecule has 0 radical (unpaired) electrons. The van der Waals surface area contributed by atoms with Crippen molar-refractivity contribution in [3.8, 4) is 11.5 Å². The van der Waals surface area contributed by atoms with Gasteiger partial charge in [0.15, 0.2) is 5.82 Å². The zero-order chi connectivity index (χ0) is 18.5. The van der Waals surface area contributed by atoms with Crippen molar-refractivity contribution in [2.75, 3.05) is 26.3 Å². The van der Waals surface area contributed by atoms with Gasteiger partial charge < -0.3 is 14.2 Å². The van der Waals surface area contributed by atoms with Gasteiger partial charge in [-0.15, -0.1) is 0 Å². The van der Waals surface area contributed by atoms with Gasteiger partial charge in [-0.3, -0.25) is 9.78 Å². The van der Waals surface area contributed by atoms with E-state index in [1.165, 1.54) is 0 Å². The van der Waals surface area contributed by atoms with Crippen LogP contribution in [0.3, 0.4) is 0 Å². The first-order valence-electron chi connectivity index (χ1n) is 9.89. The number of aryl methyl sites for hydroxylation is 1. The lowest BCUT2D eigenvalue weighted by atomic mass is 9.91. The quantitative estimate of drug-likeness (QED) is 0.805. The maximum atomic E-state index is 12.8. The summed E-state index contributed by atoms with van der Waals surface area (Å²) < 4.78 is 10.7. The average Bonchev–Trinajstić information content (AvgIpc) is 3.22. The Bertz CT molecular complexity index is 743. The monoisotopic (exact) mass is 370 g/mol. The van der Waals surface area contributed by atoms with E-state index in [-0.39, 0.29) is 5.92 Å². The first-order valence-corrected chi connectivity index (χ1v) is 9.89. The minimum Gasteiger partial charge on any atom is -0.381 e. The van der Waals surface area contributed by atoms with Crippen LogP contribution in [0.15, 0.2) is 29.0 Å². The normalized spacial score (nSPS) is 21.3. The van der Waals surface area contributed by atoms with Gasteiger partial charge >= 0.3 is 0 Å². The van der Waals surface area contributed by atoms with E-state index in [0.29, 0.717) is 30.9 Å². The summed E-state index contributed by atoms with van der Waals surface area (Å²) in [4.78, 5) is 23.4. The van der Waals surface area contributed by atoms with Gasteiger partial charge in [-0.05, 0) is 50.2 Å². The van der Waals surface area contributed by atoms with Crippen LogP contribution in [0.2, 0.25) is 0 Å². The summed E-state index contributed by atoms with van der Waals surface area (Å²) in [6.45, 7) is 3.17. The Morgan fingerprint density at radius 2 is 2.15 bits per heavy atom. The highest BCUT2D eigenvalue weighted by atomic mass is 16.5. The molecular formula is C20H26N4O3. The third-order valence-electron chi connectivity index (χ3n) is 5.55. The minimum atomic E-state index is 0.150. The van der Waals surface area contributed by atoms with Crippen molar-refractivity contribution < 1.29 is 14.1 Å². The fraction of sp³-hybridized carbons (Fsp3) is 0.600. The van der Waals surface area contributed by atoms with E-state index in [9.17, 15) is 4.79 Å². The number of hydrogen-bond donors (Lipinski definition) is 0. The SMILES string of the molecule is O=C(C1CCOCC1)N1CCCC(CCc2noc(-c3cccnc3)n2)C1. The molecular weight excluding hydrogens is 344 g/mol. The van der Waals surface area contributed by atoms with E-state index < -0.39 is 0 Å². The van der Waals surface area contributed by atoms with Gasteiger partial charge in [-0.1, -0.05) is 5.16 Å². The number of carbonyl (C=O) groups excluding carboxylic acids is 1. The van der Waals surface area contributed by atoms with Crippen LogP contribution in [-0.4, -0.2) is 52.2 Å². The molecule has 2 fully saturated rings. The molecule has 2 aliphatic rings. The Labute approximate surface area is 159 Å². The number of rotatable bonds is 5. The Kier molecular flexibility index (Phi) is 5.77. The molecule has 2 aromatic rings. The van der Waals surface area contributed by atoms with E-state index in [1.807, 2.05) is 12.1 Å². The molecule has 0 saturated carbocycles. The molecule has 7 nitrogen and oxygen atoms in total. The van der Waals surface area contributed by atoms with Gasteiger partial charge in [0.1, 0.15) is 0 Å². The summed E-state index contributed by atoms with van der Waals surface area (Å²) in [5, 5.41) is 4.10. The zero-order valence-corrected chi connectivity index (χ0v) is 15.5. The van der Waals surface area contributed by atoms with Crippen LogP contribution in [0.5, 0.6) is 0 Å². The van der Waals surface area contributed by atoms with Crippen molar-refractivity contribution in [1.29, 1.82) is 0 Å². The van der Waals surface area contributed by atoms with Gasteiger partial charge in [0.05, 0.1) is 5.56 Å². The first kappa shape index (κ1) is 18.1. The first-order chi connectivity index (χ1) is 13.3. The van der Waals surface area contributed by atoms with E-state index in [0.717, 1.165) is 63.0 Å². The van der Waals surface area contributed by atoms with Crippen LogP contribution in [0.1, 0.15) is 37.9 Å². The molecule has 7 heteroatoms. The molecule has 4 rings (SSSR count). The summed E-state index contributed by atoms with van der Waals surface area (Å²) >= 11 is 0. The smallest absolute Gasteiger partial charge is 0.259 e. The Balaban J connectivity index is 1.29. The second kappa shape index (κ2) is 8.61. The molecule has 0 aliphatic carbocycles. The number of piperidine rings is 1. The number of likely N-dealkylation sites (tertiary alicyclic amines) is 1. The number of amides is 1. The summed E-state index contributed by atoms with van der Waals surface area (Å²) in [6, 6.07) is 3.76. The molecule has 0 aromatic carbocycles. The largest absolute Gasteiger partial charge is 0.381 e. The number of aromatic nitrogens is 3. The number of ether oxygens (including phenoxy) is 1. The molecule has 144 valence electrons. The highest BCUT2D eigenvalue weighted by Crippen LogP contribution is 2.25. The fourth-order valence-corrected chi connectivity index (χ4v) is 4.00. The van der Waals surface area contributed by atoms with Crippen LogP contribution in [0.4, 0.5) is 0 Å². The van der Waals surface area contributed by atoms with Crippen molar-refractivity contribution in [3.05, 3.63) is 30.4 Å². The van der Waals surface area contributed by atoms with E-state index in [1.54, 1.807) is 12.4 Å². The third-order valence-corrected chi connectivity index (χ3v) is 5.55. The Morgan fingerprint density at radius 1 is 1.26 bits per heavy atom. The molecule has 1 unspecified atom stereocenters. The van der Waals surface area contributed by atoms with Gasteiger partial charge in [0.2, 0.25) is 5.91 Å². The second-order valence-electron chi connectivity index (χ2n) is 7.48. The summed E-state index contributed by atoms with van der Waals surface area (Å²) in [6.07, 6.45) is 9.14. The van der Waals surface area contributed by atoms with Crippen molar-refractivity contribution in [1.82, 2.24) is 20.0 Å². The molecule has 0 spiro atoms. The Hall–Kier alpha value is -2.28. The fourth-order valence-electron chi connectivity index (χ4n) is 4.00. The lowest BCUT2D eigenvalue weighted by molar-refractivity contribution is -0.140. The van der Waals surface area contributed by atoms with Crippen LogP contribution >= 0.6 is 0 Å². The summed E-state index contributed by atoms with van der Waals surface area (Å²) in [5.41, 5.74) is 0.835. The molecule has 27 heavy (non-hydrogen) atoms. The van der Waals surface area contributed by atoms with Crippen LogP contribution in [0, 0.1) is 11.8 Å². The molecule has 2 saturated heterocycles. The summed E-state index contributed by atoms with van der Waals surface area (Å²) in [5.74, 6) is 2.21. The average molecular weight is 370 g/mol. The number of pyridine rings is 1. The van der Waals surface area contributed by atoms with E-state index in [4.69, 9.17) is 9.26 Å². The lowest BCUT2D eigenvalue weighted by Crippen LogP contribution is -2.44. The zero-order valence-electron chi connectivity index (χ0n) is 15.5. The van der Waals surface area contributed by atoms with Crippen molar-refractivity contribution in [2.45, 2.75) is 38.5 Å². The highest BCUT2D eigenvalue weighted by molar-refractivity contribution is 5.79. The Morgan fingerprint density at radius 3 is 2.96 bits per heavy atom. The van der Waals surface area contributed by atoms with Gasteiger partial charge in [-0.25, -0.2) is 0 Å². The lowest BCUT2D eigenvalue weighted by Gasteiger charge is -2.35. The molecule has 1 atom stereocenters. The maximum Gasteiger partial charge on any atom is 0.259 e. The van der Waals surface area contributed by atoms with Crippen molar-refractivity contribution >= 4 is 5.91 Å². The summed E-state index contributed by atoms with van der Waals surface area (Å²) in [7, 11) is 0. The molecule has 1 amide bonds. The van der Waals surface area contributed by atoms with Crippen LogP contribution in [-0.2, 0) is 16.0 Å². The predicted molar refractivity (Wildman–Crippen MR) is 98.7 cm³/mol. The maximum absolute atomic E-state index is 12.8. The highest BCUT2D eigenvalue weighted by Gasteiger charge is 2.30. The predicted octanol–water partition coefficient (Wildman–Crippen LogP) is 2.73. The van der Waals surface area contributed by atoms with Gasteiger partial charge in [-0.2, -0.15) is 4.98 Å². The standard InChI is InChI=1S/C20H26N4O3/c25-20(16-7-11-26-12-8-16)24-10-2-3-15(14-24)5-6-18-22-19(27-23-18)17-4-1-9-21-13-17/h1,4,9,13,15-16H,2-3,5-8,10-12,14H2. The second-order valence-corrected chi connectivity index (χ2v) is 7.48. The number of hydrogen-bond acceptors (Lipinski definition) is 6. The van der Waals surface area contributed by atoms with Crippen LogP contribution < -0.4 is 0 Å². The third kappa shape index (κ3) is 4.53. The van der Waals surface area contributed by atoms with Crippen molar-refractivity contribution in [3.63, 3.8) is 0 Å². The molecule has 0 bridgehead atoms. The van der Waals surface area contributed by atoms with E-state index in [2.05, 4.69) is 20.0 Å². The molecule has 0 N–H and O–H groups in total. The number of carbonyl (C=O) groups is 1. The van der Waals surface area contributed by atoms with Gasteiger partial charge in [0.25, 0.3) is 5.89 Å².